The first kappa shape index (κ1) is 14.0. The summed E-state index contributed by atoms with van der Waals surface area (Å²) in [5.74, 6) is 0. The van der Waals surface area contributed by atoms with Gasteiger partial charge in [-0.3, -0.25) is 5.32 Å². The summed E-state index contributed by atoms with van der Waals surface area (Å²) in [6.45, 7) is 0.588. The molecule has 102 valence electrons. The lowest BCUT2D eigenvalue weighted by Gasteiger charge is -2.23. The fourth-order valence-electron chi connectivity index (χ4n) is 1.71. The molecule has 1 atom stereocenters. The zero-order valence-electron chi connectivity index (χ0n) is 10.9. The van der Waals surface area contributed by atoms with Crippen LogP contribution in [0.1, 0.15) is 10.9 Å². The average molecular weight is 295 g/mol. The van der Waals surface area contributed by atoms with Gasteiger partial charge in [0.25, 0.3) is 0 Å². The molecule has 0 spiro atoms. The number of hydrogen-bond donors (Lipinski definition) is 2. The van der Waals surface area contributed by atoms with Crippen LogP contribution in [0, 0.1) is 0 Å². The van der Waals surface area contributed by atoms with Gasteiger partial charge in [-0.05, 0) is 43.1 Å². The van der Waals surface area contributed by atoms with Crippen molar-refractivity contribution in [1.82, 2.24) is 10.2 Å². The van der Waals surface area contributed by atoms with Crippen molar-refractivity contribution >= 4 is 33.7 Å². The Labute approximate surface area is 121 Å². The Morgan fingerprint density at radius 2 is 2.00 bits per heavy atom. The van der Waals surface area contributed by atoms with Crippen LogP contribution in [0.4, 0.5) is 9.80 Å². The number of hydrogen-bond acceptors (Lipinski definition) is 4. The molecule has 0 aliphatic rings. The van der Waals surface area contributed by atoms with Crippen LogP contribution in [0.3, 0.4) is 0 Å². The number of rotatable bonds is 5. The van der Waals surface area contributed by atoms with Crippen molar-refractivity contribution in [3.63, 3.8) is 0 Å². The zero-order valence-corrected chi connectivity index (χ0v) is 12.6. The molecule has 0 aliphatic carbocycles. The Morgan fingerprint density at radius 1 is 1.26 bits per heavy atom. The second-order valence-corrected chi connectivity index (χ2v) is 6.23. The van der Waals surface area contributed by atoms with Crippen molar-refractivity contribution in [2.75, 3.05) is 26.0 Å². The molecule has 0 fully saturated rings. The number of carbonyl (C=O) groups is 1. The summed E-state index contributed by atoms with van der Waals surface area (Å²) in [5, 5.41) is 10.6. The summed E-state index contributed by atoms with van der Waals surface area (Å²) < 4.78 is 0. The summed E-state index contributed by atoms with van der Waals surface area (Å²) in [6.07, 6.45) is 0. The fraction of sp³-hybridized carbons (Fsp3) is 0.308. The Balaban J connectivity index is 1.87. The van der Waals surface area contributed by atoms with Gasteiger partial charge in [-0.15, -0.1) is 22.7 Å². The summed E-state index contributed by atoms with van der Waals surface area (Å²) >= 11 is 3.21. The Bertz CT molecular complexity index is 494. The van der Waals surface area contributed by atoms with Crippen molar-refractivity contribution in [2.24, 2.45) is 0 Å². The van der Waals surface area contributed by atoms with Crippen LogP contribution in [0.15, 0.2) is 35.0 Å². The fourth-order valence-corrected chi connectivity index (χ4v) is 3.25. The van der Waals surface area contributed by atoms with Gasteiger partial charge >= 0.3 is 6.03 Å². The molecule has 2 rings (SSSR count). The van der Waals surface area contributed by atoms with Crippen molar-refractivity contribution < 1.29 is 4.79 Å². The lowest BCUT2D eigenvalue weighted by Crippen LogP contribution is -2.36. The summed E-state index contributed by atoms with van der Waals surface area (Å²) in [6, 6.07) is 7.96. The first-order valence-electron chi connectivity index (χ1n) is 5.95. The molecule has 4 nitrogen and oxygen atoms in total. The molecule has 0 aliphatic heterocycles. The standard InChI is InChI=1S/C13H17N3OS2/c1-16(2)10(11-5-3-7-18-11)9-14-13(17)15-12-6-4-8-19-12/h3-8,10H,9H2,1-2H3,(H2,14,15,17)/t10-/m0/s1. The molecule has 2 heterocycles. The number of anilines is 1. The quantitative estimate of drug-likeness (QED) is 0.889. The van der Waals surface area contributed by atoms with Gasteiger partial charge in [0.05, 0.1) is 11.0 Å². The molecular formula is C13H17N3OS2. The van der Waals surface area contributed by atoms with E-state index in [4.69, 9.17) is 0 Å². The van der Waals surface area contributed by atoms with Gasteiger partial charge in [0.1, 0.15) is 0 Å². The first-order chi connectivity index (χ1) is 9.16. The van der Waals surface area contributed by atoms with Crippen LogP contribution >= 0.6 is 22.7 Å². The number of nitrogens with zero attached hydrogens (tertiary/aromatic N) is 1. The highest BCUT2D eigenvalue weighted by atomic mass is 32.1. The smallest absolute Gasteiger partial charge is 0.319 e. The topological polar surface area (TPSA) is 44.4 Å². The SMILES string of the molecule is CN(C)[C@@H](CNC(=O)Nc1cccs1)c1cccs1. The van der Waals surface area contributed by atoms with Crippen LogP contribution in [-0.2, 0) is 0 Å². The molecule has 0 unspecified atom stereocenters. The van der Waals surface area contributed by atoms with E-state index >= 15 is 0 Å². The van der Waals surface area contributed by atoms with E-state index < -0.39 is 0 Å². The van der Waals surface area contributed by atoms with Crippen LogP contribution in [0.5, 0.6) is 0 Å². The maximum atomic E-state index is 11.8. The highest BCUT2D eigenvalue weighted by Crippen LogP contribution is 2.22. The minimum Gasteiger partial charge on any atom is -0.336 e. The first-order valence-corrected chi connectivity index (χ1v) is 7.71. The van der Waals surface area contributed by atoms with Gasteiger partial charge in [0, 0.05) is 11.4 Å². The van der Waals surface area contributed by atoms with Gasteiger partial charge in [-0.25, -0.2) is 4.79 Å². The lowest BCUT2D eigenvalue weighted by atomic mass is 10.2. The monoisotopic (exact) mass is 295 g/mol. The van der Waals surface area contributed by atoms with Gasteiger partial charge in [0.15, 0.2) is 0 Å². The Kier molecular flexibility index (Phi) is 4.95. The maximum Gasteiger partial charge on any atom is 0.319 e. The summed E-state index contributed by atoms with van der Waals surface area (Å²) in [4.78, 5) is 15.1. The van der Waals surface area contributed by atoms with E-state index in [9.17, 15) is 4.79 Å². The number of urea groups is 1. The van der Waals surface area contributed by atoms with Gasteiger partial charge in [0.2, 0.25) is 0 Å². The van der Waals surface area contributed by atoms with E-state index in [1.807, 2.05) is 37.7 Å². The van der Waals surface area contributed by atoms with E-state index in [1.165, 1.54) is 16.2 Å². The van der Waals surface area contributed by atoms with Crippen LogP contribution < -0.4 is 10.6 Å². The predicted octanol–water partition coefficient (Wildman–Crippen LogP) is 3.23. The average Bonchev–Trinajstić information content (AvgIpc) is 3.01. The van der Waals surface area contributed by atoms with Crippen molar-refractivity contribution in [3.8, 4) is 0 Å². The minimum absolute atomic E-state index is 0.161. The molecule has 2 aromatic heterocycles. The highest BCUT2D eigenvalue weighted by Gasteiger charge is 2.16. The Hall–Kier alpha value is -1.37. The van der Waals surface area contributed by atoms with Gasteiger partial charge in [-0.1, -0.05) is 6.07 Å². The molecular weight excluding hydrogens is 278 g/mol. The maximum absolute atomic E-state index is 11.8. The molecule has 2 aromatic rings. The molecule has 2 amide bonds. The molecule has 6 heteroatoms. The van der Waals surface area contributed by atoms with E-state index in [1.54, 1.807) is 11.3 Å². The largest absolute Gasteiger partial charge is 0.336 e. The Morgan fingerprint density at radius 3 is 2.58 bits per heavy atom. The van der Waals surface area contributed by atoms with Crippen LogP contribution in [0.2, 0.25) is 0 Å². The normalized spacial score (nSPS) is 12.4. The summed E-state index contributed by atoms with van der Waals surface area (Å²) in [7, 11) is 4.03. The van der Waals surface area contributed by atoms with Crippen molar-refractivity contribution in [2.45, 2.75) is 6.04 Å². The van der Waals surface area contributed by atoms with Crippen molar-refractivity contribution in [1.29, 1.82) is 0 Å². The van der Waals surface area contributed by atoms with Gasteiger partial charge < -0.3 is 10.2 Å². The molecule has 0 aromatic carbocycles. The second-order valence-electron chi connectivity index (χ2n) is 4.31. The third kappa shape index (κ3) is 4.05. The molecule has 0 saturated heterocycles. The van der Waals surface area contributed by atoms with Gasteiger partial charge in [-0.2, -0.15) is 0 Å². The number of likely N-dealkylation sites (N-methyl/N-ethyl adjacent to an activating group) is 1. The third-order valence-corrected chi connectivity index (χ3v) is 4.47. The lowest BCUT2D eigenvalue weighted by molar-refractivity contribution is 0.244. The van der Waals surface area contributed by atoms with E-state index in [2.05, 4.69) is 27.0 Å². The number of nitrogens with one attached hydrogen (secondary N) is 2. The third-order valence-electron chi connectivity index (χ3n) is 2.71. The van der Waals surface area contributed by atoms with Crippen molar-refractivity contribution in [3.05, 3.63) is 39.9 Å². The zero-order chi connectivity index (χ0) is 13.7. The minimum atomic E-state index is -0.161. The molecule has 0 bridgehead atoms. The molecule has 2 N–H and O–H groups in total. The van der Waals surface area contributed by atoms with Crippen LogP contribution in [-0.4, -0.2) is 31.6 Å². The van der Waals surface area contributed by atoms with E-state index in [-0.39, 0.29) is 12.1 Å². The van der Waals surface area contributed by atoms with E-state index in [0.717, 1.165) is 5.00 Å². The number of thiophene rings is 2. The van der Waals surface area contributed by atoms with E-state index in [0.29, 0.717) is 6.54 Å². The van der Waals surface area contributed by atoms with Crippen LogP contribution in [0.25, 0.3) is 0 Å². The molecule has 0 saturated carbocycles. The second kappa shape index (κ2) is 6.70. The number of amides is 2. The number of carbonyl (C=O) groups excluding carboxylic acids is 1. The molecule has 19 heavy (non-hydrogen) atoms. The summed E-state index contributed by atoms with van der Waals surface area (Å²) in [5.41, 5.74) is 0. The predicted molar refractivity (Wildman–Crippen MR) is 82.1 cm³/mol. The molecule has 0 radical (unpaired) electrons. The highest BCUT2D eigenvalue weighted by molar-refractivity contribution is 7.14.